The lowest BCUT2D eigenvalue weighted by Crippen LogP contribution is -2.27. The van der Waals surface area contributed by atoms with Crippen molar-refractivity contribution >= 4 is 62.7 Å². The summed E-state index contributed by atoms with van der Waals surface area (Å²) in [5.74, 6) is 0.374. The van der Waals surface area contributed by atoms with Gasteiger partial charge < -0.3 is 9.88 Å². The third-order valence-corrected chi connectivity index (χ3v) is 7.67. The number of thioether (sulfide) groups is 2. The smallest absolute Gasteiger partial charge is 0.251 e. The number of hydrogen-bond acceptors (Lipinski definition) is 7. The maximum atomic E-state index is 13.1. The molecule has 0 fully saturated rings. The minimum atomic E-state index is -0.377. The number of amides is 2. The Kier molecular flexibility index (Phi) is 8.20. The van der Waals surface area contributed by atoms with Gasteiger partial charge in [0.1, 0.15) is 5.82 Å². The number of hydrogen-bond donors (Lipinski definition) is 2. The number of carbonyl (C=O) groups is 2. The Morgan fingerprint density at radius 1 is 1.09 bits per heavy atom. The van der Waals surface area contributed by atoms with E-state index in [1.807, 2.05) is 37.4 Å². The Hall–Kier alpha value is -2.89. The molecule has 0 saturated heterocycles. The lowest BCUT2D eigenvalue weighted by molar-refractivity contribution is -0.113. The Morgan fingerprint density at radius 3 is 2.68 bits per heavy atom. The number of anilines is 1. The SMILES string of the molecule is CCSc1nnc(NC(=O)CSc2cn(CCNC(=O)c3ccc(F)cc3)c3ccccc23)s1. The number of benzene rings is 2. The summed E-state index contributed by atoms with van der Waals surface area (Å²) in [6, 6.07) is 13.4. The van der Waals surface area contributed by atoms with E-state index in [2.05, 4.69) is 25.4 Å². The van der Waals surface area contributed by atoms with E-state index in [0.717, 1.165) is 25.9 Å². The molecule has 0 unspecified atom stereocenters. The zero-order valence-corrected chi connectivity index (χ0v) is 20.7. The molecule has 0 bridgehead atoms. The number of fused-ring (bicyclic) bond motifs is 1. The van der Waals surface area contributed by atoms with Gasteiger partial charge in [0.25, 0.3) is 5.91 Å². The summed E-state index contributed by atoms with van der Waals surface area (Å²) in [7, 11) is 0. The van der Waals surface area contributed by atoms with E-state index in [4.69, 9.17) is 0 Å². The topological polar surface area (TPSA) is 88.9 Å². The van der Waals surface area contributed by atoms with E-state index in [1.54, 1.807) is 11.8 Å². The fourth-order valence-electron chi connectivity index (χ4n) is 3.25. The van der Waals surface area contributed by atoms with E-state index in [1.165, 1.54) is 47.4 Å². The van der Waals surface area contributed by atoms with Gasteiger partial charge in [-0.05, 0) is 36.1 Å². The van der Waals surface area contributed by atoms with Gasteiger partial charge in [0.15, 0.2) is 4.34 Å². The lowest BCUT2D eigenvalue weighted by atomic mass is 10.2. The predicted molar refractivity (Wildman–Crippen MR) is 136 cm³/mol. The van der Waals surface area contributed by atoms with Crippen LogP contribution < -0.4 is 10.6 Å². The number of para-hydroxylation sites is 1. The van der Waals surface area contributed by atoms with Crippen LogP contribution in [0, 0.1) is 5.82 Å². The first kappa shape index (κ1) is 24.2. The molecule has 2 N–H and O–H groups in total. The second-order valence-corrected chi connectivity index (χ2v) is 10.6. The number of aromatic nitrogens is 3. The number of carbonyl (C=O) groups excluding carboxylic acids is 2. The van der Waals surface area contributed by atoms with E-state index >= 15 is 0 Å². The summed E-state index contributed by atoms with van der Waals surface area (Å²) in [5.41, 5.74) is 1.43. The molecule has 0 atom stereocenters. The highest BCUT2D eigenvalue weighted by Gasteiger charge is 2.13. The second-order valence-electron chi connectivity index (χ2n) is 7.11. The first-order valence-corrected chi connectivity index (χ1v) is 13.3. The van der Waals surface area contributed by atoms with Crippen molar-refractivity contribution in [3.05, 3.63) is 66.1 Å². The maximum absolute atomic E-state index is 13.1. The Balaban J connectivity index is 1.35. The molecule has 0 saturated carbocycles. The number of halogens is 1. The van der Waals surface area contributed by atoms with Crippen LogP contribution in [0.4, 0.5) is 9.52 Å². The molecule has 176 valence electrons. The van der Waals surface area contributed by atoms with Crippen LogP contribution in [0.2, 0.25) is 0 Å². The summed E-state index contributed by atoms with van der Waals surface area (Å²) in [6.45, 7) is 3.01. The molecule has 4 aromatic rings. The van der Waals surface area contributed by atoms with Crippen LogP contribution in [0.3, 0.4) is 0 Å². The van der Waals surface area contributed by atoms with Crippen molar-refractivity contribution in [2.45, 2.75) is 22.7 Å². The highest BCUT2D eigenvalue weighted by atomic mass is 32.2. The number of nitrogens with zero attached hydrogens (tertiary/aromatic N) is 3. The van der Waals surface area contributed by atoms with Crippen molar-refractivity contribution in [2.24, 2.45) is 0 Å². The monoisotopic (exact) mass is 515 g/mol. The minimum absolute atomic E-state index is 0.141. The van der Waals surface area contributed by atoms with Crippen LogP contribution in [0.25, 0.3) is 10.9 Å². The van der Waals surface area contributed by atoms with Gasteiger partial charge in [-0.3, -0.25) is 14.9 Å². The molecule has 2 heterocycles. The van der Waals surface area contributed by atoms with Gasteiger partial charge in [0.2, 0.25) is 11.0 Å². The molecule has 2 aromatic heterocycles. The zero-order chi connectivity index (χ0) is 23.9. The Morgan fingerprint density at radius 2 is 1.88 bits per heavy atom. The Labute approximate surface area is 208 Å². The average Bonchev–Trinajstić information content (AvgIpc) is 3.42. The molecule has 0 radical (unpaired) electrons. The molecule has 11 heteroatoms. The quantitative estimate of drug-likeness (QED) is 0.231. The number of rotatable bonds is 10. The molecule has 0 aliphatic carbocycles. The van der Waals surface area contributed by atoms with Crippen molar-refractivity contribution in [3.63, 3.8) is 0 Å². The standard InChI is InChI=1S/C23H22FN5O2S3/c1-2-32-23-28-27-22(34-23)26-20(30)14-33-19-13-29(18-6-4-3-5-17(18)19)12-11-25-21(31)15-7-9-16(24)10-8-15/h3-10,13H,2,11-12,14H2,1H3,(H,25,31)(H,26,27,30). The second kappa shape index (κ2) is 11.5. The lowest BCUT2D eigenvalue weighted by Gasteiger charge is -2.07. The summed E-state index contributed by atoms with van der Waals surface area (Å²) in [4.78, 5) is 25.7. The number of nitrogens with one attached hydrogen (secondary N) is 2. The molecule has 34 heavy (non-hydrogen) atoms. The minimum Gasteiger partial charge on any atom is -0.350 e. The van der Waals surface area contributed by atoms with Gasteiger partial charge >= 0.3 is 0 Å². The van der Waals surface area contributed by atoms with Crippen molar-refractivity contribution in [1.29, 1.82) is 0 Å². The zero-order valence-electron chi connectivity index (χ0n) is 18.3. The highest BCUT2D eigenvalue weighted by molar-refractivity contribution is 8.01. The van der Waals surface area contributed by atoms with Gasteiger partial charge in [0.05, 0.1) is 5.75 Å². The summed E-state index contributed by atoms with van der Waals surface area (Å²) < 4.78 is 15.9. The van der Waals surface area contributed by atoms with Crippen LogP contribution in [-0.4, -0.2) is 44.6 Å². The average molecular weight is 516 g/mol. The fraction of sp³-hybridized carbons (Fsp3) is 0.217. The van der Waals surface area contributed by atoms with Crippen LogP contribution in [0.1, 0.15) is 17.3 Å². The molecule has 0 aliphatic rings. The van der Waals surface area contributed by atoms with Crippen molar-refractivity contribution in [1.82, 2.24) is 20.1 Å². The van der Waals surface area contributed by atoms with Crippen molar-refractivity contribution in [2.75, 3.05) is 23.4 Å². The summed E-state index contributed by atoms with van der Waals surface area (Å²) in [6.07, 6.45) is 1.99. The predicted octanol–water partition coefficient (Wildman–Crippen LogP) is 4.90. The molecule has 0 spiro atoms. The van der Waals surface area contributed by atoms with Crippen LogP contribution in [0.15, 0.2) is 64.0 Å². The first-order chi connectivity index (χ1) is 16.5. The van der Waals surface area contributed by atoms with Gasteiger partial charge in [-0.1, -0.05) is 48.2 Å². The third kappa shape index (κ3) is 6.16. The van der Waals surface area contributed by atoms with Crippen LogP contribution in [-0.2, 0) is 11.3 Å². The molecular weight excluding hydrogens is 493 g/mol. The largest absolute Gasteiger partial charge is 0.350 e. The van der Waals surface area contributed by atoms with Gasteiger partial charge in [0, 0.05) is 40.6 Å². The van der Waals surface area contributed by atoms with E-state index in [0.29, 0.717) is 23.8 Å². The fourth-order valence-corrected chi connectivity index (χ4v) is 5.80. The van der Waals surface area contributed by atoms with Crippen LogP contribution in [0.5, 0.6) is 0 Å². The van der Waals surface area contributed by atoms with Crippen LogP contribution >= 0.6 is 34.9 Å². The summed E-state index contributed by atoms with van der Waals surface area (Å²) in [5, 5.41) is 15.3. The Bertz CT molecular complexity index is 1290. The maximum Gasteiger partial charge on any atom is 0.251 e. The van der Waals surface area contributed by atoms with E-state index in [9.17, 15) is 14.0 Å². The molecule has 2 aromatic carbocycles. The molecule has 0 aliphatic heterocycles. The third-order valence-electron chi connectivity index (χ3n) is 4.78. The first-order valence-electron chi connectivity index (χ1n) is 10.5. The van der Waals surface area contributed by atoms with Gasteiger partial charge in [-0.2, -0.15) is 0 Å². The molecule has 4 rings (SSSR count). The van der Waals surface area contributed by atoms with Crippen molar-refractivity contribution < 1.29 is 14.0 Å². The van der Waals surface area contributed by atoms with E-state index in [-0.39, 0.29) is 23.4 Å². The molecule has 2 amide bonds. The molecular formula is C23H22FN5O2S3. The van der Waals surface area contributed by atoms with E-state index < -0.39 is 0 Å². The molecule has 7 nitrogen and oxygen atoms in total. The van der Waals surface area contributed by atoms with Gasteiger partial charge in [-0.15, -0.1) is 22.0 Å². The van der Waals surface area contributed by atoms with Gasteiger partial charge in [-0.25, -0.2) is 4.39 Å². The highest BCUT2D eigenvalue weighted by Crippen LogP contribution is 2.30. The normalized spacial score (nSPS) is 11.0. The van der Waals surface area contributed by atoms with Crippen molar-refractivity contribution in [3.8, 4) is 0 Å². The summed E-state index contributed by atoms with van der Waals surface area (Å²) >= 11 is 4.40.